The van der Waals surface area contributed by atoms with Crippen LogP contribution in [0.15, 0.2) is 54.7 Å². The topological polar surface area (TPSA) is 132 Å². The number of rotatable bonds is 7. The molecule has 10 heteroatoms. The SMILES string of the molecule is COc1ccc2nccc([C@@H](O)CN3CCC(NCc4cc5cc(C)ccc5s4)CC3)c2c1.O=C(O)C(=O)O. The lowest BCUT2D eigenvalue weighted by Crippen LogP contribution is -2.43. The maximum atomic E-state index is 11.0. The molecule has 206 valence electrons. The first kappa shape index (κ1) is 28.4. The number of aromatic nitrogens is 1. The summed E-state index contributed by atoms with van der Waals surface area (Å²) < 4.78 is 6.73. The van der Waals surface area contributed by atoms with E-state index in [2.05, 4.69) is 46.4 Å². The van der Waals surface area contributed by atoms with E-state index >= 15 is 0 Å². The Bertz CT molecular complexity index is 1440. The molecule has 2 aromatic heterocycles. The summed E-state index contributed by atoms with van der Waals surface area (Å²) in [6.45, 7) is 5.70. The fourth-order valence-corrected chi connectivity index (χ4v) is 5.77. The summed E-state index contributed by atoms with van der Waals surface area (Å²) in [6.07, 6.45) is 3.43. The van der Waals surface area contributed by atoms with Crippen LogP contribution < -0.4 is 10.1 Å². The van der Waals surface area contributed by atoms with Gasteiger partial charge in [0.25, 0.3) is 0 Å². The van der Waals surface area contributed by atoms with Gasteiger partial charge >= 0.3 is 11.9 Å². The molecule has 1 fully saturated rings. The number of benzene rings is 2. The number of aliphatic carboxylic acids is 2. The number of carboxylic acid groups (broad SMARTS) is 2. The molecule has 39 heavy (non-hydrogen) atoms. The largest absolute Gasteiger partial charge is 0.497 e. The fourth-order valence-electron chi connectivity index (χ4n) is 4.78. The van der Waals surface area contributed by atoms with E-state index in [1.807, 2.05) is 35.6 Å². The van der Waals surface area contributed by atoms with Gasteiger partial charge in [0.1, 0.15) is 5.75 Å². The van der Waals surface area contributed by atoms with Crippen LogP contribution in [0.1, 0.15) is 34.9 Å². The molecule has 0 saturated carbocycles. The average Bonchev–Trinajstić information content (AvgIpc) is 3.34. The normalized spacial score (nSPS) is 15.1. The lowest BCUT2D eigenvalue weighted by molar-refractivity contribution is -0.159. The van der Waals surface area contributed by atoms with E-state index in [9.17, 15) is 5.11 Å². The number of β-amino-alcohol motifs (C(OH)–C–C–N with tert-alkyl or cyclic N) is 1. The predicted octanol–water partition coefficient (Wildman–Crippen LogP) is 4.21. The summed E-state index contributed by atoms with van der Waals surface area (Å²) in [7, 11) is 1.66. The van der Waals surface area contributed by atoms with Gasteiger partial charge in [0.2, 0.25) is 0 Å². The number of nitrogens with zero attached hydrogens (tertiary/aromatic N) is 2. The zero-order valence-electron chi connectivity index (χ0n) is 22.0. The third-order valence-electron chi connectivity index (χ3n) is 6.83. The van der Waals surface area contributed by atoms with Gasteiger partial charge in [0.15, 0.2) is 0 Å². The molecule has 1 saturated heterocycles. The molecule has 1 aliphatic rings. The minimum absolute atomic E-state index is 0.524. The number of pyridine rings is 1. The van der Waals surface area contributed by atoms with Crippen molar-refractivity contribution in [2.45, 2.75) is 38.5 Å². The minimum atomic E-state index is -1.82. The van der Waals surface area contributed by atoms with Crippen LogP contribution in [0.25, 0.3) is 21.0 Å². The number of methoxy groups -OCH3 is 1. The Kier molecular flexibility index (Phi) is 9.47. The molecule has 1 aliphatic heterocycles. The highest BCUT2D eigenvalue weighted by Crippen LogP contribution is 2.29. The number of carbonyl (C=O) groups is 2. The van der Waals surface area contributed by atoms with Crippen molar-refractivity contribution in [1.29, 1.82) is 0 Å². The summed E-state index contributed by atoms with van der Waals surface area (Å²) >= 11 is 1.88. The smallest absolute Gasteiger partial charge is 0.414 e. The van der Waals surface area contributed by atoms with E-state index in [0.717, 1.165) is 54.7 Å². The summed E-state index contributed by atoms with van der Waals surface area (Å²) in [4.78, 5) is 26.4. The van der Waals surface area contributed by atoms with E-state index in [1.165, 1.54) is 20.5 Å². The monoisotopic (exact) mass is 551 g/mol. The zero-order valence-corrected chi connectivity index (χ0v) is 22.8. The summed E-state index contributed by atoms with van der Waals surface area (Å²) in [6, 6.07) is 17.3. The highest BCUT2D eigenvalue weighted by atomic mass is 32.1. The van der Waals surface area contributed by atoms with Crippen LogP contribution >= 0.6 is 11.3 Å². The molecule has 0 aliphatic carbocycles. The highest BCUT2D eigenvalue weighted by molar-refractivity contribution is 7.19. The Hall–Kier alpha value is -3.57. The van der Waals surface area contributed by atoms with E-state index in [-0.39, 0.29) is 0 Å². The summed E-state index contributed by atoms with van der Waals surface area (Å²) in [5, 5.41) is 31.9. The third-order valence-corrected chi connectivity index (χ3v) is 7.95. The van der Waals surface area contributed by atoms with Gasteiger partial charge in [-0.2, -0.15) is 0 Å². The lowest BCUT2D eigenvalue weighted by Gasteiger charge is -2.33. The van der Waals surface area contributed by atoms with E-state index in [4.69, 9.17) is 24.5 Å². The quantitative estimate of drug-likeness (QED) is 0.249. The molecular weight excluding hydrogens is 518 g/mol. The first-order valence-electron chi connectivity index (χ1n) is 12.7. The van der Waals surface area contributed by atoms with E-state index in [1.54, 1.807) is 13.3 Å². The van der Waals surface area contributed by atoms with Gasteiger partial charge in [-0.15, -0.1) is 11.3 Å². The molecule has 0 bridgehead atoms. The fraction of sp³-hybridized carbons (Fsp3) is 0.345. The molecule has 9 nitrogen and oxygen atoms in total. The number of thiophene rings is 1. The van der Waals surface area contributed by atoms with Crippen LogP contribution in [0.2, 0.25) is 0 Å². The van der Waals surface area contributed by atoms with Crippen molar-refractivity contribution < 1.29 is 29.6 Å². The Labute approximate surface area is 230 Å². The molecule has 2 aromatic carbocycles. The molecule has 4 aromatic rings. The predicted molar refractivity (Wildman–Crippen MR) is 151 cm³/mol. The number of piperidine rings is 1. The van der Waals surface area contributed by atoms with Crippen molar-refractivity contribution in [3.63, 3.8) is 0 Å². The van der Waals surface area contributed by atoms with E-state index in [0.29, 0.717) is 12.6 Å². The maximum Gasteiger partial charge on any atom is 0.414 e. The second-order valence-electron chi connectivity index (χ2n) is 9.62. The first-order valence-corrected chi connectivity index (χ1v) is 13.6. The zero-order chi connectivity index (χ0) is 27.9. The van der Waals surface area contributed by atoms with Crippen LogP contribution in [-0.4, -0.2) is 69.9 Å². The highest BCUT2D eigenvalue weighted by Gasteiger charge is 2.22. The van der Waals surface area contributed by atoms with Crippen molar-refractivity contribution in [2.24, 2.45) is 0 Å². The molecule has 1 atom stereocenters. The van der Waals surface area contributed by atoms with Crippen molar-refractivity contribution in [2.75, 3.05) is 26.7 Å². The molecule has 4 N–H and O–H groups in total. The number of aryl methyl sites for hydroxylation is 1. The third kappa shape index (κ3) is 7.51. The number of nitrogens with one attached hydrogen (secondary N) is 1. The number of hydrogen-bond acceptors (Lipinski definition) is 8. The van der Waals surface area contributed by atoms with Crippen LogP contribution in [-0.2, 0) is 16.1 Å². The molecule has 0 radical (unpaired) electrons. The van der Waals surface area contributed by atoms with Gasteiger partial charge < -0.3 is 30.3 Å². The number of carboxylic acids is 2. The van der Waals surface area contributed by atoms with E-state index < -0.39 is 18.0 Å². The molecular formula is C29H33N3O6S. The van der Waals surface area contributed by atoms with Gasteiger partial charge in [-0.25, -0.2) is 9.59 Å². The Balaban J connectivity index is 0.000000531. The Morgan fingerprint density at radius 2 is 1.85 bits per heavy atom. The van der Waals surface area contributed by atoms with Gasteiger partial charge in [-0.05, 0) is 80.2 Å². The molecule has 5 rings (SSSR count). The van der Waals surface area contributed by atoms with Gasteiger partial charge in [0.05, 0.1) is 18.7 Å². The number of hydrogen-bond donors (Lipinski definition) is 4. The number of ether oxygens (including phenoxy) is 1. The number of aliphatic hydroxyl groups excluding tert-OH is 1. The average molecular weight is 552 g/mol. The number of likely N-dealkylation sites (tertiary alicyclic amines) is 1. The standard InChI is InChI=1S/C27H31N3O2S.C2H2O4/c1-18-3-6-27-19(13-18)14-22(33-27)16-29-20-8-11-30(12-9-20)17-26(31)23-7-10-28-25-5-4-21(32-2)15-24(23)25;3-1(4)2(5)6/h3-7,10,13-15,20,26,29,31H,8-9,11-12,16-17H2,1-2H3;(H,3,4)(H,5,6)/t26-;/m0./s1. The molecule has 0 amide bonds. The van der Waals surface area contributed by atoms with Gasteiger partial charge in [-0.1, -0.05) is 17.7 Å². The Morgan fingerprint density at radius 3 is 2.54 bits per heavy atom. The Morgan fingerprint density at radius 1 is 1.10 bits per heavy atom. The second kappa shape index (κ2) is 13.0. The van der Waals surface area contributed by atoms with Crippen LogP contribution in [0, 0.1) is 6.92 Å². The minimum Gasteiger partial charge on any atom is -0.497 e. The van der Waals surface area contributed by atoms with Crippen LogP contribution in [0.5, 0.6) is 5.75 Å². The summed E-state index contributed by atoms with van der Waals surface area (Å²) in [5.74, 6) is -2.87. The molecule has 3 heterocycles. The van der Waals surface area contributed by atoms with Crippen molar-refractivity contribution in [3.05, 3.63) is 70.7 Å². The van der Waals surface area contributed by atoms with Crippen LogP contribution in [0.4, 0.5) is 0 Å². The first-order chi connectivity index (χ1) is 18.7. The summed E-state index contributed by atoms with van der Waals surface area (Å²) in [5.41, 5.74) is 3.11. The van der Waals surface area contributed by atoms with Crippen molar-refractivity contribution in [1.82, 2.24) is 15.2 Å². The lowest BCUT2D eigenvalue weighted by atomic mass is 10.0. The number of fused-ring (bicyclic) bond motifs is 2. The van der Waals surface area contributed by atoms with Gasteiger partial charge in [-0.3, -0.25) is 4.98 Å². The maximum absolute atomic E-state index is 11.0. The molecule has 0 spiro atoms. The van der Waals surface area contributed by atoms with Crippen molar-refractivity contribution >= 4 is 44.3 Å². The van der Waals surface area contributed by atoms with Crippen LogP contribution in [0.3, 0.4) is 0 Å². The number of aliphatic hydroxyl groups is 1. The van der Waals surface area contributed by atoms with Gasteiger partial charge in [0, 0.05) is 40.3 Å². The second-order valence-corrected chi connectivity index (χ2v) is 10.8. The van der Waals surface area contributed by atoms with Crippen molar-refractivity contribution in [3.8, 4) is 5.75 Å². The molecule has 0 unspecified atom stereocenters.